The molecular weight excluding hydrogens is 270 g/mol. The van der Waals surface area contributed by atoms with Crippen LogP contribution < -0.4 is 5.73 Å². The summed E-state index contributed by atoms with van der Waals surface area (Å²) in [6.07, 6.45) is 0.585. The predicted molar refractivity (Wildman–Crippen MR) is 75.8 cm³/mol. The molecule has 102 valence electrons. The molecule has 0 aromatic heterocycles. The summed E-state index contributed by atoms with van der Waals surface area (Å²) in [6.45, 7) is 3.70. The van der Waals surface area contributed by atoms with Crippen molar-refractivity contribution in [3.05, 3.63) is 23.8 Å². The quantitative estimate of drug-likeness (QED) is 0.805. The second-order valence-corrected chi connectivity index (χ2v) is 8.09. The Morgan fingerprint density at radius 2 is 1.94 bits per heavy atom. The lowest BCUT2D eigenvalue weighted by Crippen LogP contribution is -2.16. The van der Waals surface area contributed by atoms with Crippen molar-refractivity contribution >= 4 is 26.3 Å². The average molecular weight is 289 g/mol. The standard InChI is InChI=1S/C12H19NO3S2/c1-3-7-18(15,16)8-6-17(14)12-9-10(2)4-5-11(12)13/h4-5,9H,3,6-8,13H2,1-2H3. The largest absolute Gasteiger partial charge is 0.398 e. The monoisotopic (exact) mass is 289 g/mol. The van der Waals surface area contributed by atoms with E-state index in [0.717, 1.165) is 5.56 Å². The Kier molecular flexibility index (Phi) is 5.34. The zero-order chi connectivity index (χ0) is 13.8. The Morgan fingerprint density at radius 3 is 2.56 bits per heavy atom. The molecule has 1 aromatic rings. The van der Waals surface area contributed by atoms with E-state index in [-0.39, 0.29) is 17.3 Å². The third-order valence-corrected chi connectivity index (χ3v) is 6.04. The molecule has 0 fully saturated rings. The Morgan fingerprint density at radius 1 is 1.28 bits per heavy atom. The molecule has 0 saturated heterocycles. The van der Waals surface area contributed by atoms with Crippen LogP contribution >= 0.6 is 0 Å². The topological polar surface area (TPSA) is 77.2 Å². The van der Waals surface area contributed by atoms with Gasteiger partial charge in [0.15, 0.2) is 9.84 Å². The number of nitrogens with two attached hydrogens (primary N) is 1. The maximum absolute atomic E-state index is 12.0. The van der Waals surface area contributed by atoms with E-state index in [1.54, 1.807) is 12.1 Å². The van der Waals surface area contributed by atoms with Crippen LogP contribution in [0.25, 0.3) is 0 Å². The normalized spacial score (nSPS) is 13.4. The predicted octanol–water partition coefficient (Wildman–Crippen LogP) is 1.51. The van der Waals surface area contributed by atoms with Crippen LogP contribution in [0.4, 0.5) is 5.69 Å². The van der Waals surface area contributed by atoms with Gasteiger partial charge < -0.3 is 5.73 Å². The third kappa shape index (κ3) is 4.42. The average Bonchev–Trinajstić information content (AvgIpc) is 2.29. The molecule has 6 heteroatoms. The second-order valence-electron chi connectivity index (χ2n) is 4.24. The molecule has 0 bridgehead atoms. The van der Waals surface area contributed by atoms with E-state index in [9.17, 15) is 12.6 Å². The van der Waals surface area contributed by atoms with Gasteiger partial charge >= 0.3 is 0 Å². The van der Waals surface area contributed by atoms with Crippen LogP contribution in [-0.2, 0) is 20.6 Å². The first-order valence-electron chi connectivity index (χ1n) is 5.80. The molecule has 0 aliphatic rings. The molecule has 1 unspecified atom stereocenters. The number of aryl methyl sites for hydroxylation is 1. The molecular formula is C12H19NO3S2. The van der Waals surface area contributed by atoms with Gasteiger partial charge in [-0.15, -0.1) is 0 Å². The van der Waals surface area contributed by atoms with Crippen molar-refractivity contribution in [1.82, 2.24) is 0 Å². The second kappa shape index (κ2) is 6.33. The van der Waals surface area contributed by atoms with Gasteiger partial charge in [0.1, 0.15) is 0 Å². The third-order valence-electron chi connectivity index (χ3n) is 2.51. The fourth-order valence-electron chi connectivity index (χ4n) is 1.56. The van der Waals surface area contributed by atoms with Gasteiger partial charge in [-0.3, -0.25) is 4.21 Å². The summed E-state index contributed by atoms with van der Waals surface area (Å²) in [5.74, 6) is 0.199. The minimum Gasteiger partial charge on any atom is -0.398 e. The summed E-state index contributed by atoms with van der Waals surface area (Å²) in [4.78, 5) is 0.529. The first kappa shape index (κ1) is 15.2. The number of sulfone groups is 1. The van der Waals surface area contributed by atoms with Crippen molar-refractivity contribution in [2.45, 2.75) is 25.2 Å². The van der Waals surface area contributed by atoms with E-state index in [2.05, 4.69) is 0 Å². The van der Waals surface area contributed by atoms with Gasteiger partial charge in [0.25, 0.3) is 0 Å². The van der Waals surface area contributed by atoms with Crippen molar-refractivity contribution in [1.29, 1.82) is 0 Å². The van der Waals surface area contributed by atoms with Gasteiger partial charge in [-0.05, 0) is 31.0 Å². The highest BCUT2D eigenvalue weighted by atomic mass is 32.2. The van der Waals surface area contributed by atoms with E-state index in [1.807, 2.05) is 19.9 Å². The first-order valence-corrected chi connectivity index (χ1v) is 8.94. The number of hydrogen-bond acceptors (Lipinski definition) is 4. The van der Waals surface area contributed by atoms with Gasteiger partial charge in [-0.1, -0.05) is 13.0 Å². The summed E-state index contributed by atoms with van der Waals surface area (Å²) in [5.41, 5.74) is 7.16. The Hall–Kier alpha value is -0.880. The zero-order valence-corrected chi connectivity index (χ0v) is 12.3. The maximum Gasteiger partial charge on any atom is 0.151 e. The van der Waals surface area contributed by atoms with Crippen molar-refractivity contribution in [2.24, 2.45) is 0 Å². The summed E-state index contributed by atoms with van der Waals surface area (Å²) in [5, 5.41) is 0. The smallest absolute Gasteiger partial charge is 0.151 e. The number of anilines is 1. The van der Waals surface area contributed by atoms with E-state index >= 15 is 0 Å². The van der Waals surface area contributed by atoms with E-state index in [4.69, 9.17) is 5.73 Å². The highest BCUT2D eigenvalue weighted by Crippen LogP contribution is 2.18. The Balaban J connectivity index is 2.75. The SMILES string of the molecule is CCCS(=O)(=O)CCS(=O)c1cc(C)ccc1N. The molecule has 1 aromatic carbocycles. The summed E-state index contributed by atoms with van der Waals surface area (Å²) in [6, 6.07) is 5.28. The minimum atomic E-state index is -3.09. The van der Waals surface area contributed by atoms with Gasteiger partial charge in [0.2, 0.25) is 0 Å². The van der Waals surface area contributed by atoms with Crippen LogP contribution in [0, 0.1) is 6.92 Å². The van der Waals surface area contributed by atoms with Crippen molar-refractivity contribution in [3.8, 4) is 0 Å². The number of benzene rings is 1. The molecule has 2 N–H and O–H groups in total. The fraction of sp³-hybridized carbons (Fsp3) is 0.500. The molecule has 0 saturated carbocycles. The van der Waals surface area contributed by atoms with Crippen molar-refractivity contribution < 1.29 is 12.6 Å². The van der Waals surface area contributed by atoms with Gasteiger partial charge in [0, 0.05) is 17.2 Å². The number of hydrogen-bond donors (Lipinski definition) is 1. The molecule has 0 amide bonds. The molecule has 1 atom stereocenters. The number of nitrogen functional groups attached to an aromatic ring is 1. The molecule has 0 radical (unpaired) electrons. The summed E-state index contributed by atoms with van der Waals surface area (Å²) < 4.78 is 35.1. The molecule has 4 nitrogen and oxygen atoms in total. The van der Waals surface area contributed by atoms with Crippen molar-refractivity contribution in [3.63, 3.8) is 0 Å². The van der Waals surface area contributed by atoms with Crippen LogP contribution in [0.2, 0.25) is 0 Å². The molecule has 18 heavy (non-hydrogen) atoms. The van der Waals surface area contributed by atoms with Crippen molar-refractivity contribution in [2.75, 3.05) is 23.0 Å². The lowest BCUT2D eigenvalue weighted by molar-refractivity contribution is 0.595. The minimum absolute atomic E-state index is 0.0547. The molecule has 0 heterocycles. The molecule has 1 rings (SSSR count). The molecule has 0 aliphatic carbocycles. The van der Waals surface area contributed by atoms with E-state index < -0.39 is 20.6 Å². The van der Waals surface area contributed by atoms with Crippen LogP contribution in [-0.4, -0.2) is 29.9 Å². The highest BCUT2D eigenvalue weighted by Gasteiger charge is 2.14. The Bertz CT molecular complexity index is 538. The fourth-order valence-corrected chi connectivity index (χ4v) is 4.88. The first-order chi connectivity index (χ1) is 8.35. The summed E-state index contributed by atoms with van der Waals surface area (Å²) >= 11 is 0. The Labute approximate surface area is 111 Å². The maximum atomic E-state index is 12.0. The highest BCUT2D eigenvalue weighted by molar-refractivity contribution is 7.93. The lowest BCUT2D eigenvalue weighted by Gasteiger charge is -2.07. The summed E-state index contributed by atoms with van der Waals surface area (Å²) in [7, 11) is -4.45. The zero-order valence-electron chi connectivity index (χ0n) is 10.7. The molecule has 0 aliphatic heterocycles. The van der Waals surface area contributed by atoms with Gasteiger partial charge in [-0.25, -0.2) is 8.42 Å². The van der Waals surface area contributed by atoms with Crippen LogP contribution in [0.1, 0.15) is 18.9 Å². The van der Waals surface area contributed by atoms with E-state index in [1.165, 1.54) is 0 Å². The van der Waals surface area contributed by atoms with Gasteiger partial charge in [0.05, 0.1) is 21.4 Å². The van der Waals surface area contributed by atoms with Crippen LogP contribution in [0.3, 0.4) is 0 Å². The van der Waals surface area contributed by atoms with E-state index in [0.29, 0.717) is 17.0 Å². The van der Waals surface area contributed by atoms with Crippen LogP contribution in [0.15, 0.2) is 23.1 Å². The van der Waals surface area contributed by atoms with Crippen LogP contribution in [0.5, 0.6) is 0 Å². The molecule has 0 spiro atoms. The van der Waals surface area contributed by atoms with Gasteiger partial charge in [-0.2, -0.15) is 0 Å². The lowest BCUT2D eigenvalue weighted by atomic mass is 10.2. The number of rotatable bonds is 6.